The first-order chi connectivity index (χ1) is 52.4. The van der Waals surface area contributed by atoms with Crippen molar-refractivity contribution in [2.45, 2.75) is 0 Å². The van der Waals surface area contributed by atoms with E-state index in [1.807, 2.05) is 0 Å². The van der Waals surface area contributed by atoms with Crippen LogP contribution in [0, 0.1) is 0 Å². The lowest BCUT2D eigenvalue weighted by molar-refractivity contribution is 4.28. The van der Waals surface area contributed by atoms with Crippen molar-refractivity contribution in [1.82, 2.24) is 0 Å². The van der Waals surface area contributed by atoms with Gasteiger partial charge in [-0.3, -0.25) is 0 Å². The second-order valence-corrected chi connectivity index (χ2v) is 496. The quantitative estimate of drug-likeness (QED) is 0.0533. The van der Waals surface area contributed by atoms with Crippen LogP contribution in [0.2, 0.25) is 0 Å². The van der Waals surface area contributed by atoms with Gasteiger partial charge in [-0.25, -0.2) is 0 Å². The van der Waals surface area contributed by atoms with Crippen molar-refractivity contribution in [2.24, 2.45) is 0 Å². The summed E-state index contributed by atoms with van der Waals surface area (Å²) < 4.78 is 0. The van der Waals surface area contributed by atoms with Crippen LogP contribution in [0.5, 0.6) is 0 Å². The van der Waals surface area contributed by atoms with E-state index < -0.39 is 391 Å². The first kappa shape index (κ1) is 164. The lowest BCUT2D eigenvalue weighted by Gasteiger charge is -2.65. The zero-order valence-electron chi connectivity index (χ0n) is 59.0. The normalized spacial score (nSPS) is 15.8. The third kappa shape index (κ3) is 57.8. The molecule has 0 radical (unpaired) electrons. The van der Waals surface area contributed by atoms with Crippen LogP contribution in [0.25, 0.3) is 0 Å². The first-order valence-corrected chi connectivity index (χ1v) is 236. The third-order valence-corrected chi connectivity index (χ3v) is 832. The van der Waals surface area contributed by atoms with E-state index in [9.17, 15) is 0 Å². The topological polar surface area (TPSA) is 0 Å². The van der Waals surface area contributed by atoms with Gasteiger partial charge in [0.1, 0.15) is 0 Å². The predicted molar refractivity (Wildman–Crippen MR) is 959 cm³/mol. The van der Waals surface area contributed by atoms with Gasteiger partial charge in [-0.15, -0.1) is 518 Å². The zero-order chi connectivity index (χ0) is 91.0. The molecule has 0 amide bonds. The molecule has 0 fully saturated rings. The summed E-state index contributed by atoms with van der Waals surface area (Å²) in [6.07, 6.45) is 0. The highest BCUT2D eigenvalue weighted by Crippen LogP contribution is 3.56. The van der Waals surface area contributed by atoms with Crippen molar-refractivity contribution in [3.63, 3.8) is 0 Å². The Morgan fingerprint density at radius 1 is 0.0783 bits per heavy atom. The molecule has 692 valence electrons. The molecule has 0 rings (SSSR count). The van der Waals surface area contributed by atoms with Crippen LogP contribution < -0.4 is 0 Å². The molecular formula is H117P115. The average Bonchev–Trinajstić information content (AvgIpc) is 0.703. The summed E-state index contributed by atoms with van der Waals surface area (Å²) in [5.41, 5.74) is 0. The van der Waals surface area contributed by atoms with Crippen molar-refractivity contribution >= 4 is 917 Å². The van der Waals surface area contributed by atoms with Gasteiger partial charge in [0.05, 0.1) is 0 Å². The van der Waals surface area contributed by atoms with Crippen molar-refractivity contribution in [2.75, 3.05) is 0 Å². The molecule has 0 saturated heterocycles. The van der Waals surface area contributed by atoms with Gasteiger partial charge < -0.3 is 0 Å². The molecule has 0 heterocycles. The van der Waals surface area contributed by atoms with Crippen molar-refractivity contribution < 1.29 is 0 Å². The van der Waals surface area contributed by atoms with E-state index in [-0.39, 0.29) is 0 Å². The highest BCUT2D eigenvalue weighted by Gasteiger charge is 2.69. The third-order valence-electron chi connectivity index (χ3n) is 10.3. The molecule has 0 nitrogen and oxygen atoms in total. The van der Waals surface area contributed by atoms with E-state index in [1.165, 1.54) is 0 Å². The molecule has 0 aliphatic rings. The molecule has 0 N–H and O–H groups in total. The summed E-state index contributed by atoms with van der Waals surface area (Å²) in [7, 11) is 226. The van der Waals surface area contributed by atoms with Crippen molar-refractivity contribution in [3.8, 4) is 0 Å². The molecule has 0 aromatic carbocycles. The van der Waals surface area contributed by atoms with Gasteiger partial charge in [0.25, 0.3) is 0 Å². The Kier molecular flexibility index (Phi) is 129. The van der Waals surface area contributed by atoms with Crippen LogP contribution in [-0.4, -0.2) is 0 Å². The van der Waals surface area contributed by atoms with Crippen LogP contribution in [-0.2, 0) is 0 Å². The van der Waals surface area contributed by atoms with E-state index in [2.05, 4.69) is 518 Å². The first-order valence-electron chi connectivity index (χ1n) is 26.2. The summed E-state index contributed by atoms with van der Waals surface area (Å²) in [5.74, 6) is 0. The fourth-order valence-corrected chi connectivity index (χ4v) is 1730. The molecule has 0 bridgehead atoms. The van der Waals surface area contributed by atoms with Gasteiger partial charge in [-0.1, -0.05) is 7.96 Å². The largest absolute Gasteiger partial charge is 0.109 e. The fourth-order valence-electron chi connectivity index (χ4n) is 7.13. The molecule has 115 heavy (non-hydrogen) atoms. The van der Waals surface area contributed by atoms with Crippen LogP contribution in [0.15, 0.2) is 0 Å². The van der Waals surface area contributed by atoms with Gasteiger partial charge in [0.15, 0.2) is 0 Å². The minimum atomic E-state index is -0.769. The summed E-state index contributed by atoms with van der Waals surface area (Å²) in [6.45, 7) is -29.2. The summed E-state index contributed by atoms with van der Waals surface area (Å²) in [4.78, 5) is 0. The summed E-state index contributed by atoms with van der Waals surface area (Å²) >= 11 is 0. The summed E-state index contributed by atoms with van der Waals surface area (Å²) in [5, 5.41) is 0. The van der Waals surface area contributed by atoms with Crippen LogP contribution >= 0.6 is 917 Å². The van der Waals surface area contributed by atoms with E-state index in [0.29, 0.717) is 0 Å². The molecule has 115 heteroatoms. The van der Waals surface area contributed by atoms with E-state index in [4.69, 9.17) is 0 Å². The van der Waals surface area contributed by atoms with Gasteiger partial charge >= 0.3 is 0 Å². The fraction of sp³-hybridized carbons (Fsp3) is 0. The standard InChI is InChI=1S/H117P115/c1-59-88(58)103(89(60(2)3)61(4)5)110(102(86(54)55)87(56)57)114(111(104(90(62(6)7)63(8)9)91(64(10)11)65(12)13)105(92(66(14)15)67(16)17)93(68(18)19)69(20)21)115(112(106(94(70(22)23)71(24)25)95(72(26)27)73(28)29)107(96(74(30)31)75(32)33)97(76(34)35)77(36)37)113(108(98(78(38)39)79(40)41)99(80(42)43)81(44)45)109(100(82(46)47)83(48)49)101(84(50)51)85(52)53/h59H,1-58H2. The Labute approximate surface area is 901 Å². The highest BCUT2D eigenvalue weighted by molar-refractivity contribution is 9.62. The number of hydrogen-bond acceptors (Lipinski definition) is 0. The van der Waals surface area contributed by atoms with Crippen molar-refractivity contribution in [3.05, 3.63) is 0 Å². The van der Waals surface area contributed by atoms with E-state index in [0.717, 1.165) is 7.96 Å². The molecule has 0 aliphatic heterocycles. The van der Waals surface area contributed by atoms with Gasteiger partial charge in [0, 0.05) is 0 Å². The number of rotatable bonds is 56. The smallest absolute Gasteiger partial charge is 0.000000188 e. The zero-order valence-corrected chi connectivity index (χ0v) is 177. The summed E-state index contributed by atoms with van der Waals surface area (Å²) in [6, 6.07) is 0. The van der Waals surface area contributed by atoms with E-state index in [1.54, 1.807) is 0 Å². The molecular weight excluding hydrogens is 3560 g/mol. The van der Waals surface area contributed by atoms with Crippen LogP contribution in [0.1, 0.15) is 0 Å². The highest BCUT2D eigenvalue weighted by atomic mass is 33.7. The molecule has 0 aliphatic carbocycles. The Morgan fingerprint density at radius 3 is 0.191 bits per heavy atom. The molecule has 0 spiro atoms. The molecule has 0 aromatic heterocycles. The Balaban J connectivity index is 16.1. The minimum absolute atomic E-state index is 0.426. The Morgan fingerprint density at radius 2 is 0.130 bits per heavy atom. The van der Waals surface area contributed by atoms with E-state index >= 15 is 0 Å². The second kappa shape index (κ2) is 90.4. The van der Waals surface area contributed by atoms with Gasteiger partial charge in [-0.2, -0.15) is 0 Å². The molecule has 0 saturated carbocycles. The SMILES string of the molecule is PPP(P)P(P(P(P)P)P(P)P)P(P(P(P)P)P(P)P)P(P(P(P(P(P)P)P(P)P)P(P(P)P)P(P)P)P(P(P(P)P)P(P)P)P(P(P)P)P(P)P)P(P(P(P(P(P)P)P(P)P)P(P(P)P)P(P)P)P(P(P(P)P)P(P)P)P(P(P)P)P(P)P)P(P(P(P(P)P)P(P)P)P(P(P)P)P(P)P)P(P(P(P)P)P(P)P)P(P(P)P)P(P)P. The molecule has 63 unspecified atom stereocenters. The maximum Gasteiger partial charge on any atom is -0.000000188 e. The van der Waals surface area contributed by atoms with Crippen LogP contribution in [0.3, 0.4) is 0 Å². The second-order valence-electron chi connectivity index (χ2n) is 18.4. The van der Waals surface area contributed by atoms with Crippen LogP contribution in [0.4, 0.5) is 0 Å². The average molecular weight is 3680 g/mol. The predicted octanol–water partition coefficient (Wildman–Crippen LogP) is 67.7. The van der Waals surface area contributed by atoms with Gasteiger partial charge in [-0.05, 0) is 391 Å². The maximum atomic E-state index is 4.10. The van der Waals surface area contributed by atoms with Gasteiger partial charge in [0.2, 0.25) is 0 Å². The Bertz CT molecular complexity index is 1990. The Hall–Kier alpha value is 49.4. The molecule has 63 atom stereocenters. The van der Waals surface area contributed by atoms with Crippen molar-refractivity contribution in [1.29, 1.82) is 0 Å². The number of hydrogen-bond donors (Lipinski definition) is 0. The molecule has 0 aromatic rings. The lowest BCUT2D eigenvalue weighted by Crippen LogP contribution is -1.78. The maximum absolute atomic E-state index is 4.10. The monoisotopic (exact) mass is 3680 g/mol. The lowest BCUT2D eigenvalue weighted by atomic mass is 28.3. The minimum Gasteiger partial charge on any atom is -0.109 e.